The molecule has 1 nitrogen and oxygen atoms in total. The molecule has 0 bridgehead atoms. The van der Waals surface area contributed by atoms with Gasteiger partial charge in [-0.1, -0.05) is 46.5 Å². The van der Waals surface area contributed by atoms with E-state index in [2.05, 4.69) is 20.8 Å². The minimum atomic E-state index is -0.332. The van der Waals surface area contributed by atoms with E-state index in [1.54, 1.807) is 0 Å². The number of hydrogen-bond acceptors (Lipinski definition) is 1. The van der Waals surface area contributed by atoms with Crippen molar-refractivity contribution >= 4 is 0 Å². The molecule has 1 aliphatic rings. The van der Waals surface area contributed by atoms with Crippen LogP contribution in [0.3, 0.4) is 0 Å². The van der Waals surface area contributed by atoms with E-state index in [1.807, 2.05) is 0 Å². The highest BCUT2D eigenvalue weighted by atomic mass is 16.3. The van der Waals surface area contributed by atoms with Gasteiger partial charge < -0.3 is 5.11 Å². The van der Waals surface area contributed by atoms with Crippen molar-refractivity contribution < 1.29 is 5.11 Å². The molecule has 0 saturated heterocycles. The molecule has 1 fully saturated rings. The van der Waals surface area contributed by atoms with Gasteiger partial charge in [-0.25, -0.2) is 0 Å². The highest BCUT2D eigenvalue weighted by Gasteiger charge is 2.37. The van der Waals surface area contributed by atoms with Crippen molar-refractivity contribution in [2.45, 2.75) is 64.9 Å². The maximum absolute atomic E-state index is 10.5. The number of aliphatic hydroxyl groups is 1. The Bertz CT molecular complexity index is 151. The van der Waals surface area contributed by atoms with Gasteiger partial charge in [-0.15, -0.1) is 0 Å². The van der Waals surface area contributed by atoms with Crippen molar-refractivity contribution in [3.05, 3.63) is 0 Å². The van der Waals surface area contributed by atoms with Crippen molar-refractivity contribution in [1.82, 2.24) is 0 Å². The van der Waals surface area contributed by atoms with Gasteiger partial charge in [0.15, 0.2) is 0 Å². The van der Waals surface area contributed by atoms with Crippen LogP contribution in [0, 0.1) is 11.8 Å². The summed E-state index contributed by atoms with van der Waals surface area (Å²) >= 11 is 0. The monoisotopic (exact) mass is 184 g/mol. The van der Waals surface area contributed by atoms with Crippen LogP contribution < -0.4 is 0 Å². The average molecular weight is 184 g/mol. The Hall–Kier alpha value is -0.0400. The summed E-state index contributed by atoms with van der Waals surface area (Å²) in [4.78, 5) is 0. The molecule has 2 unspecified atom stereocenters. The SMILES string of the molecule is CCC(CC)C1(O)CCCC(C)C1. The first kappa shape index (κ1) is 11.0. The lowest BCUT2D eigenvalue weighted by atomic mass is 9.70. The Morgan fingerprint density at radius 1 is 1.38 bits per heavy atom. The molecule has 0 aromatic carbocycles. The molecule has 0 heterocycles. The summed E-state index contributed by atoms with van der Waals surface area (Å²) in [7, 11) is 0. The molecule has 1 rings (SSSR count). The Balaban J connectivity index is 2.61. The van der Waals surface area contributed by atoms with Gasteiger partial charge in [-0.05, 0) is 24.7 Å². The lowest BCUT2D eigenvalue weighted by Crippen LogP contribution is -2.41. The highest BCUT2D eigenvalue weighted by Crippen LogP contribution is 2.39. The molecule has 2 atom stereocenters. The third-order valence-corrected chi connectivity index (χ3v) is 3.75. The van der Waals surface area contributed by atoms with Crippen LogP contribution in [-0.4, -0.2) is 10.7 Å². The standard InChI is InChI=1S/C12H24O/c1-4-11(5-2)12(13)8-6-7-10(3)9-12/h10-11,13H,4-9H2,1-3H3. The molecule has 0 spiro atoms. The smallest absolute Gasteiger partial charge is 0.0678 e. The first-order chi connectivity index (χ1) is 6.12. The molecule has 13 heavy (non-hydrogen) atoms. The summed E-state index contributed by atoms with van der Waals surface area (Å²) in [6.07, 6.45) is 6.83. The summed E-state index contributed by atoms with van der Waals surface area (Å²) in [6, 6.07) is 0. The fourth-order valence-electron chi connectivity index (χ4n) is 2.98. The van der Waals surface area contributed by atoms with E-state index in [1.165, 1.54) is 12.8 Å². The van der Waals surface area contributed by atoms with Crippen molar-refractivity contribution in [1.29, 1.82) is 0 Å². The van der Waals surface area contributed by atoms with Crippen LogP contribution in [0.25, 0.3) is 0 Å². The molecule has 0 aliphatic heterocycles. The maximum Gasteiger partial charge on any atom is 0.0678 e. The van der Waals surface area contributed by atoms with E-state index < -0.39 is 0 Å². The van der Waals surface area contributed by atoms with Gasteiger partial charge in [0, 0.05) is 0 Å². The average Bonchev–Trinajstić information content (AvgIpc) is 2.05. The molecule has 0 amide bonds. The highest BCUT2D eigenvalue weighted by molar-refractivity contribution is 4.89. The minimum absolute atomic E-state index is 0.332. The lowest BCUT2D eigenvalue weighted by Gasteiger charge is -2.41. The summed E-state index contributed by atoms with van der Waals surface area (Å²) in [5, 5.41) is 10.5. The van der Waals surface area contributed by atoms with E-state index in [4.69, 9.17) is 0 Å². The third-order valence-electron chi connectivity index (χ3n) is 3.75. The summed E-state index contributed by atoms with van der Waals surface area (Å²) in [5.74, 6) is 1.24. The first-order valence-corrected chi connectivity index (χ1v) is 5.84. The molecular formula is C12H24O. The fourth-order valence-corrected chi connectivity index (χ4v) is 2.98. The largest absolute Gasteiger partial charge is 0.390 e. The van der Waals surface area contributed by atoms with Crippen molar-refractivity contribution in [3.63, 3.8) is 0 Å². The Kier molecular flexibility index (Phi) is 3.78. The van der Waals surface area contributed by atoms with E-state index >= 15 is 0 Å². The van der Waals surface area contributed by atoms with Crippen LogP contribution in [0.5, 0.6) is 0 Å². The summed E-state index contributed by atoms with van der Waals surface area (Å²) in [6.45, 7) is 6.67. The van der Waals surface area contributed by atoms with Gasteiger partial charge in [0.2, 0.25) is 0 Å². The molecule has 0 aromatic rings. The van der Waals surface area contributed by atoms with Crippen molar-refractivity contribution in [3.8, 4) is 0 Å². The second-order valence-electron chi connectivity index (χ2n) is 4.82. The molecule has 0 aromatic heterocycles. The topological polar surface area (TPSA) is 20.2 Å². The fraction of sp³-hybridized carbons (Fsp3) is 1.00. The zero-order valence-corrected chi connectivity index (χ0v) is 9.34. The van der Waals surface area contributed by atoms with Gasteiger partial charge >= 0.3 is 0 Å². The Morgan fingerprint density at radius 3 is 2.46 bits per heavy atom. The Labute approximate surface area is 82.5 Å². The maximum atomic E-state index is 10.5. The molecule has 0 radical (unpaired) electrons. The van der Waals surface area contributed by atoms with Crippen LogP contribution in [0.15, 0.2) is 0 Å². The van der Waals surface area contributed by atoms with Crippen LogP contribution in [0.1, 0.15) is 59.3 Å². The van der Waals surface area contributed by atoms with E-state index in [9.17, 15) is 5.11 Å². The van der Waals surface area contributed by atoms with Gasteiger partial charge in [-0.3, -0.25) is 0 Å². The van der Waals surface area contributed by atoms with Crippen molar-refractivity contribution in [2.24, 2.45) is 11.8 Å². The number of rotatable bonds is 3. The lowest BCUT2D eigenvalue weighted by molar-refractivity contribution is -0.0652. The molecule has 78 valence electrons. The molecule has 1 aliphatic carbocycles. The zero-order valence-electron chi connectivity index (χ0n) is 9.34. The third kappa shape index (κ3) is 2.46. The number of hydrogen-bond donors (Lipinski definition) is 1. The second kappa shape index (κ2) is 4.45. The van der Waals surface area contributed by atoms with E-state index in [0.717, 1.165) is 31.6 Å². The second-order valence-corrected chi connectivity index (χ2v) is 4.82. The van der Waals surface area contributed by atoms with Crippen LogP contribution in [-0.2, 0) is 0 Å². The van der Waals surface area contributed by atoms with Gasteiger partial charge in [-0.2, -0.15) is 0 Å². The molecule has 1 N–H and O–H groups in total. The quantitative estimate of drug-likeness (QED) is 0.713. The van der Waals surface area contributed by atoms with E-state index in [-0.39, 0.29) is 5.60 Å². The molecule has 1 saturated carbocycles. The van der Waals surface area contributed by atoms with E-state index in [0.29, 0.717) is 5.92 Å². The van der Waals surface area contributed by atoms with Crippen LogP contribution >= 0.6 is 0 Å². The molecular weight excluding hydrogens is 160 g/mol. The van der Waals surface area contributed by atoms with Gasteiger partial charge in [0.25, 0.3) is 0 Å². The van der Waals surface area contributed by atoms with Crippen LogP contribution in [0.4, 0.5) is 0 Å². The van der Waals surface area contributed by atoms with Gasteiger partial charge in [0.1, 0.15) is 0 Å². The Morgan fingerprint density at radius 2 is 2.00 bits per heavy atom. The minimum Gasteiger partial charge on any atom is -0.390 e. The van der Waals surface area contributed by atoms with Crippen molar-refractivity contribution in [2.75, 3.05) is 0 Å². The first-order valence-electron chi connectivity index (χ1n) is 5.84. The normalized spacial score (nSPS) is 35.3. The zero-order chi connectivity index (χ0) is 9.90. The van der Waals surface area contributed by atoms with Crippen LogP contribution in [0.2, 0.25) is 0 Å². The molecule has 1 heteroatoms. The predicted molar refractivity (Wildman–Crippen MR) is 56.7 cm³/mol. The predicted octanol–water partition coefficient (Wildman–Crippen LogP) is 3.36. The van der Waals surface area contributed by atoms with Gasteiger partial charge in [0.05, 0.1) is 5.60 Å². The summed E-state index contributed by atoms with van der Waals surface area (Å²) in [5.41, 5.74) is -0.332. The summed E-state index contributed by atoms with van der Waals surface area (Å²) < 4.78 is 0.